The van der Waals surface area contributed by atoms with Crippen molar-refractivity contribution in [3.8, 4) is 0 Å². The summed E-state index contributed by atoms with van der Waals surface area (Å²) in [7, 11) is 0. The Morgan fingerprint density at radius 2 is 2.00 bits per heavy atom. The van der Waals surface area contributed by atoms with Crippen LogP contribution in [0.5, 0.6) is 0 Å². The maximum atomic E-state index is 9.67. The molecule has 0 aromatic carbocycles. The van der Waals surface area contributed by atoms with E-state index < -0.39 is 5.60 Å². The SMILES string of the molecule is CCN(CCCCC(=N)N)CC(C)(C)O. The molecule has 0 aliphatic carbocycles. The van der Waals surface area contributed by atoms with Crippen LogP contribution in [0.25, 0.3) is 0 Å². The predicted molar refractivity (Wildman–Crippen MR) is 64.2 cm³/mol. The van der Waals surface area contributed by atoms with Crippen LogP contribution in [0.4, 0.5) is 0 Å². The second kappa shape index (κ2) is 6.80. The Kier molecular flexibility index (Phi) is 6.52. The van der Waals surface area contributed by atoms with Crippen molar-refractivity contribution in [2.45, 2.75) is 45.6 Å². The summed E-state index contributed by atoms with van der Waals surface area (Å²) in [5.74, 6) is 0.264. The molecule has 0 spiro atoms. The van der Waals surface area contributed by atoms with Crippen LogP contribution in [0.3, 0.4) is 0 Å². The Hall–Kier alpha value is -0.610. The summed E-state index contributed by atoms with van der Waals surface area (Å²) in [5, 5.41) is 16.8. The van der Waals surface area contributed by atoms with E-state index >= 15 is 0 Å². The van der Waals surface area contributed by atoms with Gasteiger partial charge in [-0.1, -0.05) is 6.92 Å². The highest BCUT2D eigenvalue weighted by molar-refractivity contribution is 5.76. The molecule has 4 nitrogen and oxygen atoms in total. The lowest BCUT2D eigenvalue weighted by molar-refractivity contribution is 0.0374. The molecule has 0 fully saturated rings. The highest BCUT2D eigenvalue weighted by atomic mass is 16.3. The van der Waals surface area contributed by atoms with E-state index in [0.29, 0.717) is 13.0 Å². The van der Waals surface area contributed by atoms with Crippen molar-refractivity contribution in [3.63, 3.8) is 0 Å². The Morgan fingerprint density at radius 3 is 2.40 bits per heavy atom. The summed E-state index contributed by atoms with van der Waals surface area (Å²) in [6.45, 7) is 8.36. The number of nitrogens with one attached hydrogen (secondary N) is 1. The topological polar surface area (TPSA) is 73.3 Å². The molecule has 0 rings (SSSR count). The molecule has 0 radical (unpaired) electrons. The summed E-state index contributed by atoms with van der Waals surface area (Å²) in [6.07, 6.45) is 2.67. The zero-order valence-electron chi connectivity index (χ0n) is 10.2. The summed E-state index contributed by atoms with van der Waals surface area (Å²) < 4.78 is 0. The van der Waals surface area contributed by atoms with E-state index in [0.717, 1.165) is 25.9 Å². The van der Waals surface area contributed by atoms with Gasteiger partial charge in [0.25, 0.3) is 0 Å². The fourth-order valence-corrected chi connectivity index (χ4v) is 1.55. The van der Waals surface area contributed by atoms with E-state index in [1.54, 1.807) is 0 Å². The second-order valence-corrected chi connectivity index (χ2v) is 4.66. The first-order valence-corrected chi connectivity index (χ1v) is 5.63. The van der Waals surface area contributed by atoms with Crippen molar-refractivity contribution in [1.29, 1.82) is 5.41 Å². The average molecular weight is 215 g/mol. The van der Waals surface area contributed by atoms with Crippen molar-refractivity contribution < 1.29 is 5.11 Å². The van der Waals surface area contributed by atoms with Crippen LogP contribution >= 0.6 is 0 Å². The van der Waals surface area contributed by atoms with E-state index in [1.807, 2.05) is 13.8 Å². The summed E-state index contributed by atoms with van der Waals surface area (Å²) in [6, 6.07) is 0. The number of hydrogen-bond acceptors (Lipinski definition) is 3. The summed E-state index contributed by atoms with van der Waals surface area (Å²) in [5.41, 5.74) is 4.64. The minimum absolute atomic E-state index is 0.264. The van der Waals surface area contributed by atoms with E-state index in [4.69, 9.17) is 11.1 Å². The van der Waals surface area contributed by atoms with Crippen LogP contribution < -0.4 is 5.73 Å². The van der Waals surface area contributed by atoms with Gasteiger partial charge in [0.2, 0.25) is 0 Å². The number of nitrogens with zero attached hydrogens (tertiary/aromatic N) is 1. The number of unbranched alkanes of at least 4 members (excludes halogenated alkanes) is 1. The van der Waals surface area contributed by atoms with Gasteiger partial charge >= 0.3 is 0 Å². The average Bonchev–Trinajstić information content (AvgIpc) is 2.08. The predicted octanol–water partition coefficient (Wildman–Crippen LogP) is 1.19. The fraction of sp³-hybridized carbons (Fsp3) is 0.909. The first-order valence-electron chi connectivity index (χ1n) is 5.63. The molecule has 4 heteroatoms. The first kappa shape index (κ1) is 14.4. The molecule has 0 heterocycles. The zero-order chi connectivity index (χ0) is 11.9. The molecular formula is C11H25N3O. The van der Waals surface area contributed by atoms with Gasteiger partial charge in [0, 0.05) is 13.0 Å². The van der Waals surface area contributed by atoms with Gasteiger partial charge in [0.1, 0.15) is 0 Å². The van der Waals surface area contributed by atoms with Crippen molar-refractivity contribution in [3.05, 3.63) is 0 Å². The molecule has 0 saturated carbocycles. The number of aliphatic hydroxyl groups is 1. The number of nitrogens with two attached hydrogens (primary N) is 1. The molecule has 15 heavy (non-hydrogen) atoms. The maximum absolute atomic E-state index is 9.67. The lowest BCUT2D eigenvalue weighted by atomic mass is 10.1. The summed E-state index contributed by atoms with van der Waals surface area (Å²) in [4.78, 5) is 2.22. The highest BCUT2D eigenvalue weighted by Gasteiger charge is 2.16. The molecule has 0 aliphatic rings. The number of likely N-dealkylation sites (N-methyl/N-ethyl adjacent to an activating group) is 1. The monoisotopic (exact) mass is 215 g/mol. The lowest BCUT2D eigenvalue weighted by Gasteiger charge is -2.27. The first-order chi connectivity index (χ1) is 6.85. The molecule has 0 atom stereocenters. The molecule has 0 aromatic heterocycles. The molecule has 90 valence electrons. The Labute approximate surface area is 93.0 Å². The van der Waals surface area contributed by atoms with Gasteiger partial charge in [0.05, 0.1) is 11.4 Å². The molecule has 0 amide bonds. The molecule has 4 N–H and O–H groups in total. The minimum Gasteiger partial charge on any atom is -0.389 e. The molecule has 0 aromatic rings. The van der Waals surface area contributed by atoms with Gasteiger partial charge in [-0.25, -0.2) is 0 Å². The smallest absolute Gasteiger partial charge is 0.0905 e. The normalized spacial score (nSPS) is 12.1. The third-order valence-corrected chi connectivity index (χ3v) is 2.23. The lowest BCUT2D eigenvalue weighted by Crippen LogP contribution is -2.39. The van der Waals surface area contributed by atoms with Crippen LogP contribution in [-0.4, -0.2) is 41.1 Å². The van der Waals surface area contributed by atoms with Crippen molar-refractivity contribution in [2.75, 3.05) is 19.6 Å². The third-order valence-electron chi connectivity index (χ3n) is 2.23. The van der Waals surface area contributed by atoms with Crippen LogP contribution in [0.15, 0.2) is 0 Å². The number of amidine groups is 1. The Balaban J connectivity index is 3.67. The molecule has 0 bridgehead atoms. The van der Waals surface area contributed by atoms with E-state index in [9.17, 15) is 5.11 Å². The zero-order valence-corrected chi connectivity index (χ0v) is 10.2. The Morgan fingerprint density at radius 1 is 1.40 bits per heavy atom. The summed E-state index contributed by atoms with van der Waals surface area (Å²) >= 11 is 0. The maximum Gasteiger partial charge on any atom is 0.0905 e. The molecular weight excluding hydrogens is 190 g/mol. The van der Waals surface area contributed by atoms with E-state index in [-0.39, 0.29) is 5.84 Å². The van der Waals surface area contributed by atoms with Crippen LogP contribution in [0.1, 0.15) is 40.0 Å². The third kappa shape index (κ3) is 9.69. The van der Waals surface area contributed by atoms with Crippen LogP contribution in [0.2, 0.25) is 0 Å². The quantitative estimate of drug-likeness (QED) is 0.323. The highest BCUT2D eigenvalue weighted by Crippen LogP contribution is 2.06. The van der Waals surface area contributed by atoms with E-state index in [1.165, 1.54) is 0 Å². The van der Waals surface area contributed by atoms with Gasteiger partial charge in [-0.15, -0.1) is 0 Å². The van der Waals surface area contributed by atoms with Gasteiger partial charge in [-0.05, 0) is 39.8 Å². The minimum atomic E-state index is -0.628. The number of hydrogen-bond donors (Lipinski definition) is 3. The standard InChI is InChI=1S/C11H25N3O/c1-4-14(9-11(2,3)15)8-6-5-7-10(12)13/h15H,4-9H2,1-3H3,(H3,12,13). The van der Waals surface area contributed by atoms with Gasteiger partial charge in [0.15, 0.2) is 0 Å². The molecule has 0 saturated heterocycles. The van der Waals surface area contributed by atoms with Crippen molar-refractivity contribution in [2.24, 2.45) is 5.73 Å². The molecule has 0 unspecified atom stereocenters. The van der Waals surface area contributed by atoms with Gasteiger partial charge in [-0.3, -0.25) is 5.41 Å². The fourth-order valence-electron chi connectivity index (χ4n) is 1.55. The largest absolute Gasteiger partial charge is 0.389 e. The van der Waals surface area contributed by atoms with Crippen molar-refractivity contribution in [1.82, 2.24) is 4.90 Å². The second-order valence-electron chi connectivity index (χ2n) is 4.66. The van der Waals surface area contributed by atoms with Gasteiger partial charge < -0.3 is 15.7 Å². The van der Waals surface area contributed by atoms with E-state index in [2.05, 4.69) is 11.8 Å². The van der Waals surface area contributed by atoms with Gasteiger partial charge in [-0.2, -0.15) is 0 Å². The van der Waals surface area contributed by atoms with Crippen LogP contribution in [0, 0.1) is 5.41 Å². The molecule has 0 aliphatic heterocycles. The Bertz CT molecular complexity index is 187. The van der Waals surface area contributed by atoms with Crippen molar-refractivity contribution >= 4 is 5.84 Å². The number of rotatable bonds is 8. The van der Waals surface area contributed by atoms with Crippen LogP contribution in [-0.2, 0) is 0 Å².